The normalized spacial score (nSPS) is 22.4. The first-order valence-electron chi connectivity index (χ1n) is 6.37. The summed E-state index contributed by atoms with van der Waals surface area (Å²) >= 11 is 0. The van der Waals surface area contributed by atoms with Gasteiger partial charge in [-0.15, -0.1) is 0 Å². The average molecular weight is 253 g/mol. The maximum Gasteiger partial charge on any atom is 0.330 e. The molecule has 1 spiro atoms. The van der Waals surface area contributed by atoms with Gasteiger partial charge in [-0.05, 0) is 26.4 Å². The van der Waals surface area contributed by atoms with Gasteiger partial charge in [0.05, 0.1) is 0 Å². The molecule has 0 aromatic carbocycles. The number of nitrogens with zero attached hydrogens (tertiary/aromatic N) is 2. The molecule has 100 valence electrons. The molecule has 2 fully saturated rings. The number of imide groups is 2. The lowest BCUT2D eigenvalue weighted by molar-refractivity contribution is -0.157. The lowest BCUT2D eigenvalue weighted by atomic mass is 9.66. The summed E-state index contributed by atoms with van der Waals surface area (Å²) in [6, 6.07) is -0.577. The van der Waals surface area contributed by atoms with Gasteiger partial charge in [-0.3, -0.25) is 19.8 Å². The quantitative estimate of drug-likeness (QED) is 0.726. The highest BCUT2D eigenvalue weighted by molar-refractivity contribution is 6.19. The van der Waals surface area contributed by atoms with Gasteiger partial charge >= 0.3 is 6.03 Å². The molecule has 0 bridgehead atoms. The lowest BCUT2D eigenvalue weighted by Crippen LogP contribution is -2.66. The fraction of sp³-hybridized carbons (Fsp3) is 0.750. The Balaban J connectivity index is 2.07. The number of nitrogens with one attached hydrogen (secondary N) is 1. The smallest absolute Gasteiger partial charge is 0.305 e. The fourth-order valence-corrected chi connectivity index (χ4v) is 2.34. The molecule has 18 heavy (non-hydrogen) atoms. The van der Waals surface area contributed by atoms with Crippen LogP contribution in [0.15, 0.2) is 0 Å². The SMILES string of the molecule is CCN(C)CCN1C(=O)NC(=O)C2(CCC2)C1=O. The van der Waals surface area contributed by atoms with Crippen LogP contribution in [0.1, 0.15) is 26.2 Å². The minimum atomic E-state index is -0.946. The number of barbiturate groups is 1. The van der Waals surface area contributed by atoms with Crippen LogP contribution in [0.2, 0.25) is 0 Å². The summed E-state index contributed by atoms with van der Waals surface area (Å²) in [5.74, 6) is -0.726. The average Bonchev–Trinajstić information content (AvgIpc) is 2.26. The van der Waals surface area contributed by atoms with E-state index < -0.39 is 17.4 Å². The zero-order valence-electron chi connectivity index (χ0n) is 10.9. The third-order valence-electron chi connectivity index (χ3n) is 4.01. The minimum absolute atomic E-state index is 0.313. The number of urea groups is 1. The monoisotopic (exact) mass is 253 g/mol. The highest BCUT2D eigenvalue weighted by Gasteiger charge is 2.57. The molecule has 0 radical (unpaired) electrons. The van der Waals surface area contributed by atoms with Gasteiger partial charge in [0.25, 0.3) is 0 Å². The van der Waals surface area contributed by atoms with Crippen molar-refractivity contribution in [2.75, 3.05) is 26.7 Å². The number of rotatable bonds is 4. The first kappa shape index (κ1) is 13.0. The zero-order chi connectivity index (χ0) is 13.3. The van der Waals surface area contributed by atoms with Crippen LogP contribution in [-0.4, -0.2) is 54.3 Å². The third-order valence-corrected chi connectivity index (χ3v) is 4.01. The summed E-state index contributed by atoms with van der Waals surface area (Å²) in [5.41, 5.74) is -0.946. The van der Waals surface area contributed by atoms with Gasteiger partial charge in [0, 0.05) is 13.1 Å². The van der Waals surface area contributed by atoms with Crippen molar-refractivity contribution >= 4 is 17.8 Å². The van der Waals surface area contributed by atoms with Crippen molar-refractivity contribution in [1.82, 2.24) is 15.1 Å². The Labute approximate surface area is 106 Å². The van der Waals surface area contributed by atoms with Crippen LogP contribution in [0.25, 0.3) is 0 Å². The van der Waals surface area contributed by atoms with Crippen LogP contribution in [0.3, 0.4) is 0 Å². The Kier molecular flexibility index (Phi) is 3.38. The zero-order valence-corrected chi connectivity index (χ0v) is 10.9. The number of amides is 4. The first-order chi connectivity index (χ1) is 8.51. The van der Waals surface area contributed by atoms with Crippen LogP contribution in [0, 0.1) is 5.41 Å². The largest absolute Gasteiger partial charge is 0.330 e. The molecule has 1 N–H and O–H groups in total. The molecule has 0 unspecified atom stereocenters. The van der Waals surface area contributed by atoms with E-state index in [1.54, 1.807) is 0 Å². The standard InChI is InChI=1S/C12H19N3O3/c1-3-14(2)7-8-15-10(17)12(5-4-6-12)9(16)13-11(15)18/h3-8H2,1-2H3,(H,13,16,18). The number of carbonyl (C=O) groups is 3. The molecule has 0 aromatic heterocycles. The maximum absolute atomic E-state index is 12.3. The topological polar surface area (TPSA) is 69.7 Å². The molecule has 0 aromatic rings. The van der Waals surface area contributed by atoms with E-state index in [1.807, 2.05) is 18.9 Å². The van der Waals surface area contributed by atoms with E-state index in [1.165, 1.54) is 4.90 Å². The molecule has 6 heteroatoms. The highest BCUT2D eigenvalue weighted by Crippen LogP contribution is 2.44. The van der Waals surface area contributed by atoms with Crippen molar-refractivity contribution in [3.05, 3.63) is 0 Å². The first-order valence-corrected chi connectivity index (χ1v) is 6.37. The van der Waals surface area contributed by atoms with E-state index in [2.05, 4.69) is 5.32 Å². The van der Waals surface area contributed by atoms with Crippen molar-refractivity contribution in [3.8, 4) is 0 Å². The molecule has 4 amide bonds. The van der Waals surface area contributed by atoms with Crippen LogP contribution in [0.4, 0.5) is 4.79 Å². The molecule has 1 aliphatic heterocycles. The van der Waals surface area contributed by atoms with Gasteiger partial charge in [0.2, 0.25) is 11.8 Å². The van der Waals surface area contributed by atoms with Crippen LogP contribution in [-0.2, 0) is 9.59 Å². The van der Waals surface area contributed by atoms with Crippen LogP contribution < -0.4 is 5.32 Å². The molecule has 1 saturated heterocycles. The van der Waals surface area contributed by atoms with Gasteiger partial charge in [-0.2, -0.15) is 0 Å². The van der Waals surface area contributed by atoms with Gasteiger partial charge in [0.1, 0.15) is 5.41 Å². The Morgan fingerprint density at radius 1 is 1.33 bits per heavy atom. The second-order valence-corrected chi connectivity index (χ2v) is 5.05. The predicted molar refractivity (Wildman–Crippen MR) is 64.7 cm³/mol. The summed E-state index contributed by atoms with van der Waals surface area (Å²) in [4.78, 5) is 39.0. The van der Waals surface area contributed by atoms with Gasteiger partial charge in [0.15, 0.2) is 0 Å². The molecule has 1 aliphatic carbocycles. The van der Waals surface area contributed by atoms with Crippen LogP contribution >= 0.6 is 0 Å². The molecule has 0 atom stereocenters. The number of hydrogen-bond acceptors (Lipinski definition) is 4. The van der Waals surface area contributed by atoms with Gasteiger partial charge in [-0.1, -0.05) is 13.3 Å². The van der Waals surface area contributed by atoms with E-state index in [0.29, 0.717) is 25.9 Å². The van der Waals surface area contributed by atoms with Gasteiger partial charge in [-0.25, -0.2) is 4.79 Å². The molecule has 6 nitrogen and oxygen atoms in total. The molecule has 2 aliphatic rings. The molecular formula is C12H19N3O3. The third kappa shape index (κ3) is 1.90. The van der Waals surface area contributed by atoms with Gasteiger partial charge < -0.3 is 4.90 Å². The molecule has 1 heterocycles. The Bertz CT molecular complexity index is 390. The highest BCUT2D eigenvalue weighted by atomic mass is 16.2. The van der Waals surface area contributed by atoms with E-state index in [-0.39, 0.29) is 5.91 Å². The Morgan fingerprint density at radius 2 is 2.00 bits per heavy atom. The molecule has 1 saturated carbocycles. The molecular weight excluding hydrogens is 234 g/mol. The maximum atomic E-state index is 12.3. The summed E-state index contributed by atoms with van der Waals surface area (Å²) < 4.78 is 0. The van der Waals surface area contributed by atoms with E-state index in [9.17, 15) is 14.4 Å². The number of hydrogen-bond donors (Lipinski definition) is 1. The van der Waals surface area contributed by atoms with Crippen LogP contribution in [0.5, 0.6) is 0 Å². The number of likely N-dealkylation sites (N-methyl/N-ethyl adjacent to an activating group) is 1. The number of carbonyl (C=O) groups excluding carboxylic acids is 3. The van der Waals surface area contributed by atoms with Crippen molar-refractivity contribution in [1.29, 1.82) is 0 Å². The van der Waals surface area contributed by atoms with Crippen molar-refractivity contribution in [2.24, 2.45) is 5.41 Å². The Hall–Kier alpha value is -1.43. The predicted octanol–water partition coefficient (Wildman–Crippen LogP) is 0.187. The fourth-order valence-electron chi connectivity index (χ4n) is 2.34. The van der Waals surface area contributed by atoms with E-state index >= 15 is 0 Å². The summed E-state index contributed by atoms with van der Waals surface area (Å²) in [6.07, 6.45) is 1.99. The summed E-state index contributed by atoms with van der Waals surface area (Å²) in [6.45, 7) is 3.83. The molecule has 2 rings (SSSR count). The lowest BCUT2D eigenvalue weighted by Gasteiger charge is -2.44. The van der Waals surface area contributed by atoms with E-state index in [4.69, 9.17) is 0 Å². The second-order valence-electron chi connectivity index (χ2n) is 5.05. The van der Waals surface area contributed by atoms with Crippen molar-refractivity contribution in [2.45, 2.75) is 26.2 Å². The summed E-state index contributed by atoms with van der Waals surface area (Å²) in [7, 11) is 1.93. The van der Waals surface area contributed by atoms with Crippen molar-refractivity contribution < 1.29 is 14.4 Å². The van der Waals surface area contributed by atoms with E-state index in [0.717, 1.165) is 13.0 Å². The summed E-state index contributed by atoms with van der Waals surface area (Å²) in [5, 5.41) is 2.30. The second kappa shape index (κ2) is 4.68. The Morgan fingerprint density at radius 3 is 2.50 bits per heavy atom. The van der Waals surface area contributed by atoms with Crippen molar-refractivity contribution in [3.63, 3.8) is 0 Å². The minimum Gasteiger partial charge on any atom is -0.305 e.